The molecule has 0 unspecified atom stereocenters. The Bertz CT molecular complexity index is 1120. The van der Waals surface area contributed by atoms with Gasteiger partial charge in [0.2, 0.25) is 0 Å². The number of hydrogen-bond donors (Lipinski definition) is 1. The summed E-state index contributed by atoms with van der Waals surface area (Å²) < 4.78 is 3.54. The second kappa shape index (κ2) is 7.70. The van der Waals surface area contributed by atoms with E-state index < -0.39 is 0 Å². The van der Waals surface area contributed by atoms with Gasteiger partial charge in [0.15, 0.2) is 0 Å². The lowest BCUT2D eigenvalue weighted by atomic mass is 10.2. The number of hydrogen-bond acceptors (Lipinski definition) is 3. The summed E-state index contributed by atoms with van der Waals surface area (Å²) in [6, 6.07) is 16.7. The molecule has 4 aromatic rings. The number of nitrogens with one attached hydrogen (secondary N) is 1. The number of aromatic nitrogens is 4. The summed E-state index contributed by atoms with van der Waals surface area (Å²) in [7, 11) is 1.94. The molecule has 0 saturated carbocycles. The summed E-state index contributed by atoms with van der Waals surface area (Å²) in [5.74, 6) is -0.239. The molecule has 28 heavy (non-hydrogen) atoms. The van der Waals surface area contributed by atoms with Crippen molar-refractivity contribution < 1.29 is 4.79 Å². The van der Waals surface area contributed by atoms with Crippen LogP contribution in [0.25, 0.3) is 17.1 Å². The highest BCUT2D eigenvalue weighted by Gasteiger charge is 2.19. The molecule has 0 fully saturated rings. The van der Waals surface area contributed by atoms with Crippen LogP contribution in [0.5, 0.6) is 0 Å². The maximum atomic E-state index is 12.9. The summed E-state index contributed by atoms with van der Waals surface area (Å²) in [5.41, 5.74) is 3.58. The third kappa shape index (κ3) is 3.54. The van der Waals surface area contributed by atoms with E-state index in [1.54, 1.807) is 29.2 Å². The van der Waals surface area contributed by atoms with Gasteiger partial charge in [0.25, 0.3) is 5.91 Å². The molecule has 6 nitrogen and oxygen atoms in total. The SMILES string of the molecule is Cn1cccc1-c1cc(C(=O)NCc2cccnc2)n(-c2ccccc2Cl)n1. The van der Waals surface area contributed by atoms with Crippen molar-refractivity contribution >= 4 is 17.5 Å². The van der Waals surface area contributed by atoms with Crippen LogP contribution < -0.4 is 5.32 Å². The van der Waals surface area contributed by atoms with Crippen molar-refractivity contribution in [3.63, 3.8) is 0 Å². The third-order valence-corrected chi connectivity index (χ3v) is 4.72. The molecule has 0 aliphatic heterocycles. The Kier molecular flexibility index (Phi) is 4.95. The van der Waals surface area contributed by atoms with E-state index in [1.165, 1.54) is 0 Å². The number of aryl methyl sites for hydroxylation is 1. The lowest BCUT2D eigenvalue weighted by molar-refractivity contribution is 0.0943. The van der Waals surface area contributed by atoms with E-state index in [9.17, 15) is 4.79 Å². The number of carbonyl (C=O) groups excluding carboxylic acids is 1. The van der Waals surface area contributed by atoms with Gasteiger partial charge >= 0.3 is 0 Å². The van der Waals surface area contributed by atoms with Gasteiger partial charge in [0.05, 0.1) is 16.4 Å². The van der Waals surface area contributed by atoms with Crippen LogP contribution in [0, 0.1) is 0 Å². The van der Waals surface area contributed by atoms with Gasteiger partial charge in [-0.05, 0) is 42.0 Å². The first-order valence-corrected chi connectivity index (χ1v) is 9.15. The summed E-state index contributed by atoms with van der Waals surface area (Å²) in [4.78, 5) is 17.0. The fourth-order valence-electron chi connectivity index (χ4n) is 2.98. The quantitative estimate of drug-likeness (QED) is 0.562. The van der Waals surface area contributed by atoms with Crippen LogP contribution in [0.3, 0.4) is 0 Å². The Morgan fingerprint density at radius 2 is 2.00 bits per heavy atom. The van der Waals surface area contributed by atoms with E-state index in [4.69, 9.17) is 11.6 Å². The van der Waals surface area contributed by atoms with E-state index in [2.05, 4.69) is 15.4 Å². The van der Waals surface area contributed by atoms with Crippen molar-refractivity contribution in [1.29, 1.82) is 0 Å². The van der Waals surface area contributed by atoms with Crippen molar-refractivity contribution in [1.82, 2.24) is 24.6 Å². The molecule has 3 heterocycles. The molecule has 0 aliphatic rings. The van der Waals surface area contributed by atoms with Crippen LogP contribution in [0.4, 0.5) is 0 Å². The Labute approximate surface area is 167 Å². The van der Waals surface area contributed by atoms with E-state index in [1.807, 2.05) is 60.3 Å². The maximum absolute atomic E-state index is 12.9. The maximum Gasteiger partial charge on any atom is 0.270 e. The van der Waals surface area contributed by atoms with E-state index >= 15 is 0 Å². The Morgan fingerprint density at radius 1 is 1.14 bits per heavy atom. The van der Waals surface area contributed by atoms with Crippen molar-refractivity contribution in [2.75, 3.05) is 0 Å². The molecule has 0 saturated heterocycles. The topological polar surface area (TPSA) is 64.7 Å². The van der Waals surface area contributed by atoms with Crippen LogP contribution >= 0.6 is 11.6 Å². The van der Waals surface area contributed by atoms with Gasteiger partial charge < -0.3 is 9.88 Å². The molecule has 0 aliphatic carbocycles. The highest BCUT2D eigenvalue weighted by Crippen LogP contribution is 2.25. The second-order valence-electron chi connectivity index (χ2n) is 6.33. The van der Waals surface area contributed by atoms with E-state index in [0.29, 0.717) is 28.6 Å². The predicted octanol–water partition coefficient (Wildman–Crippen LogP) is 3.86. The van der Waals surface area contributed by atoms with Crippen LogP contribution in [-0.4, -0.2) is 25.2 Å². The number of pyridine rings is 1. The molecule has 1 N–H and O–H groups in total. The van der Waals surface area contributed by atoms with Crippen LogP contribution in [0.2, 0.25) is 5.02 Å². The molecular formula is C21H18ClN5O. The zero-order chi connectivity index (χ0) is 19.5. The van der Waals surface area contributed by atoms with Crippen molar-refractivity contribution in [2.45, 2.75) is 6.54 Å². The molecule has 7 heteroatoms. The molecule has 3 aromatic heterocycles. The molecule has 4 rings (SSSR count). The number of carbonyl (C=O) groups is 1. The molecule has 140 valence electrons. The van der Waals surface area contributed by atoms with Gasteiger partial charge in [-0.25, -0.2) is 4.68 Å². The minimum absolute atomic E-state index is 0.239. The fourth-order valence-corrected chi connectivity index (χ4v) is 3.19. The number of halogens is 1. The first kappa shape index (κ1) is 18.0. The lowest BCUT2D eigenvalue weighted by Crippen LogP contribution is -2.25. The predicted molar refractivity (Wildman–Crippen MR) is 108 cm³/mol. The average Bonchev–Trinajstić information content (AvgIpc) is 3.33. The average molecular weight is 392 g/mol. The Morgan fingerprint density at radius 3 is 2.71 bits per heavy atom. The fraction of sp³-hybridized carbons (Fsp3) is 0.0952. The highest BCUT2D eigenvalue weighted by atomic mass is 35.5. The van der Waals surface area contributed by atoms with Crippen LogP contribution in [-0.2, 0) is 13.6 Å². The number of nitrogens with zero attached hydrogens (tertiary/aromatic N) is 4. The van der Waals surface area contributed by atoms with Crippen LogP contribution in [0.1, 0.15) is 16.1 Å². The number of benzene rings is 1. The third-order valence-electron chi connectivity index (χ3n) is 4.40. The molecule has 1 aromatic carbocycles. The van der Waals surface area contributed by atoms with Gasteiger partial charge in [-0.1, -0.05) is 29.8 Å². The summed E-state index contributed by atoms with van der Waals surface area (Å²) in [6.45, 7) is 0.375. The van der Waals surface area contributed by atoms with Crippen molar-refractivity contribution in [3.05, 3.63) is 89.5 Å². The first-order chi connectivity index (χ1) is 13.6. The molecular weight excluding hydrogens is 374 g/mol. The minimum atomic E-state index is -0.239. The van der Waals surface area contributed by atoms with Crippen molar-refractivity contribution in [3.8, 4) is 17.1 Å². The van der Waals surface area contributed by atoms with Gasteiger partial charge in [0, 0.05) is 32.2 Å². The smallest absolute Gasteiger partial charge is 0.270 e. The lowest BCUT2D eigenvalue weighted by Gasteiger charge is -2.09. The zero-order valence-electron chi connectivity index (χ0n) is 15.2. The monoisotopic (exact) mass is 391 g/mol. The van der Waals surface area contributed by atoms with Gasteiger partial charge in [0.1, 0.15) is 11.4 Å². The van der Waals surface area contributed by atoms with Gasteiger partial charge in [-0.3, -0.25) is 9.78 Å². The van der Waals surface area contributed by atoms with Crippen molar-refractivity contribution in [2.24, 2.45) is 7.05 Å². The highest BCUT2D eigenvalue weighted by molar-refractivity contribution is 6.32. The number of amides is 1. The molecule has 0 spiro atoms. The largest absolute Gasteiger partial charge is 0.349 e. The summed E-state index contributed by atoms with van der Waals surface area (Å²) in [5, 5.41) is 8.11. The summed E-state index contributed by atoms with van der Waals surface area (Å²) in [6.07, 6.45) is 5.36. The van der Waals surface area contributed by atoms with E-state index in [-0.39, 0.29) is 5.91 Å². The minimum Gasteiger partial charge on any atom is -0.349 e. The molecule has 0 bridgehead atoms. The molecule has 0 radical (unpaired) electrons. The zero-order valence-corrected chi connectivity index (χ0v) is 16.0. The Hall–Kier alpha value is -3.38. The van der Waals surface area contributed by atoms with Gasteiger partial charge in [-0.2, -0.15) is 5.10 Å². The number of rotatable bonds is 5. The summed E-state index contributed by atoms with van der Waals surface area (Å²) >= 11 is 6.37. The van der Waals surface area contributed by atoms with Crippen LogP contribution in [0.15, 0.2) is 73.2 Å². The number of para-hydroxylation sites is 1. The normalized spacial score (nSPS) is 10.8. The second-order valence-corrected chi connectivity index (χ2v) is 6.73. The van der Waals surface area contributed by atoms with Gasteiger partial charge in [-0.15, -0.1) is 0 Å². The standard InChI is InChI=1S/C21H18ClN5O/c1-26-11-5-9-19(26)17-12-20(21(28)24-14-15-6-4-10-23-13-15)27(25-17)18-8-3-2-7-16(18)22/h2-13H,14H2,1H3,(H,24,28). The molecule has 1 amide bonds. The molecule has 0 atom stereocenters. The first-order valence-electron chi connectivity index (χ1n) is 8.77. The Balaban J connectivity index is 1.72. The van der Waals surface area contributed by atoms with E-state index in [0.717, 1.165) is 11.3 Å².